The number of primary amides is 1. The van der Waals surface area contributed by atoms with Gasteiger partial charge < -0.3 is 26.2 Å². The second-order valence-corrected chi connectivity index (χ2v) is 9.80. The Morgan fingerprint density at radius 1 is 1.15 bits per heavy atom. The zero-order valence-electron chi connectivity index (χ0n) is 21.5. The Morgan fingerprint density at radius 3 is 2.41 bits per heavy atom. The predicted octanol–water partition coefficient (Wildman–Crippen LogP) is 1.37. The lowest BCUT2D eigenvalue weighted by molar-refractivity contribution is -0.153. The van der Waals surface area contributed by atoms with Crippen molar-refractivity contribution in [1.82, 2.24) is 9.88 Å². The molecule has 4 atom stereocenters. The molecular formula is C27H27BFN3O7. The van der Waals surface area contributed by atoms with Gasteiger partial charge in [0.05, 0.1) is 25.6 Å². The summed E-state index contributed by atoms with van der Waals surface area (Å²) in [6.45, 7) is 1.50. The minimum atomic E-state index is -2.71. The highest BCUT2D eigenvalue weighted by Crippen LogP contribution is 2.53. The number of aliphatic hydroxyl groups is 3. The average molecular weight is 535 g/mol. The third-order valence-electron chi connectivity index (χ3n) is 7.67. The van der Waals surface area contributed by atoms with E-state index in [2.05, 4.69) is 12.8 Å². The van der Waals surface area contributed by atoms with E-state index in [1.54, 1.807) is 0 Å². The highest BCUT2D eigenvalue weighted by atomic mass is 19.1. The molecular weight excluding hydrogens is 508 g/mol. The molecule has 12 heteroatoms. The van der Waals surface area contributed by atoms with Crippen LogP contribution in [0.25, 0.3) is 16.9 Å². The Balaban J connectivity index is 0.00000172. The first-order valence-corrected chi connectivity index (χ1v) is 12.1. The molecule has 0 aliphatic heterocycles. The molecule has 1 amide bonds. The largest absolute Gasteiger partial charge is 0.508 e. The van der Waals surface area contributed by atoms with Crippen LogP contribution >= 0.6 is 0 Å². The molecule has 2 radical (unpaired) electrons. The van der Waals surface area contributed by atoms with Crippen LogP contribution in [-0.4, -0.2) is 81.4 Å². The molecule has 0 saturated heterocycles. The van der Waals surface area contributed by atoms with Crippen molar-refractivity contribution in [2.24, 2.45) is 17.6 Å². The van der Waals surface area contributed by atoms with Crippen LogP contribution in [-0.2, 0) is 20.8 Å². The number of fused-ring (bicyclic) bond motifs is 3. The lowest BCUT2D eigenvalue weighted by Gasteiger charge is -2.50. The quantitative estimate of drug-likeness (QED) is 0.287. The number of Topliss-reactive ketones (excluding diaryl/α,β-unsaturated/α-hetero) is 2. The van der Waals surface area contributed by atoms with Gasteiger partial charge in [0.1, 0.15) is 28.7 Å². The molecule has 1 fully saturated rings. The number of aromatic hydroxyl groups is 1. The van der Waals surface area contributed by atoms with Crippen molar-refractivity contribution in [2.45, 2.75) is 31.3 Å². The summed E-state index contributed by atoms with van der Waals surface area (Å²) in [4.78, 5) is 44.2. The first-order valence-electron chi connectivity index (χ1n) is 12.1. The van der Waals surface area contributed by atoms with E-state index in [9.17, 15) is 39.2 Å². The number of halogens is 1. The number of hydrogen-bond acceptors (Lipinski definition) is 9. The molecule has 1 aromatic heterocycles. The number of amides is 1. The summed E-state index contributed by atoms with van der Waals surface area (Å²) in [5.41, 5.74) is 2.27. The van der Waals surface area contributed by atoms with Crippen molar-refractivity contribution in [3.63, 3.8) is 0 Å². The fraction of sp³-hybridized carbons (Fsp3) is 0.333. The smallest absolute Gasteiger partial charge is 0.255 e. The van der Waals surface area contributed by atoms with Crippen molar-refractivity contribution in [3.05, 3.63) is 64.4 Å². The van der Waals surface area contributed by atoms with Crippen molar-refractivity contribution < 1.29 is 39.2 Å². The molecule has 5 rings (SSSR count). The number of aromatic nitrogens is 1. The number of phenols is 1. The number of benzene rings is 1. The topological polar surface area (TPSA) is 174 Å². The molecule has 0 bridgehead atoms. The molecule has 39 heavy (non-hydrogen) atoms. The van der Waals surface area contributed by atoms with Gasteiger partial charge >= 0.3 is 0 Å². The molecule has 3 aliphatic rings. The number of nitrogens with zero attached hydrogens (tertiary/aromatic N) is 2. The number of likely N-dealkylation sites (N-methyl/N-ethyl adjacent to an activating group) is 1. The third-order valence-corrected chi connectivity index (χ3v) is 7.67. The number of ketones is 2. The monoisotopic (exact) mass is 535 g/mol. The van der Waals surface area contributed by atoms with Crippen LogP contribution in [0.5, 0.6) is 5.75 Å². The maximum Gasteiger partial charge on any atom is 0.255 e. The normalized spacial score (nSPS) is 25.9. The minimum Gasteiger partial charge on any atom is -0.508 e. The Hall–Kier alpha value is -4.03. The SMILES string of the molecule is CN(C)[C@@H]1C(=O)C(C(N)=O)=C(O)[C@@]2(O)C(=O)C3=C(O)c4c(O)ccc(-c5ccncc5F)c4C[C@H]3C[C@@H]12.[B]C. The van der Waals surface area contributed by atoms with Crippen molar-refractivity contribution in [1.29, 1.82) is 0 Å². The number of hydrogen-bond donors (Lipinski definition) is 5. The third kappa shape index (κ3) is 3.93. The highest BCUT2D eigenvalue weighted by Gasteiger charge is 2.64. The van der Waals surface area contributed by atoms with E-state index in [1.165, 1.54) is 50.2 Å². The molecule has 1 heterocycles. The fourth-order valence-corrected chi connectivity index (χ4v) is 6.09. The highest BCUT2D eigenvalue weighted by molar-refractivity contribution is 6.24. The van der Waals surface area contributed by atoms with E-state index in [4.69, 9.17) is 5.73 Å². The first-order chi connectivity index (χ1) is 18.4. The first kappa shape index (κ1) is 28.0. The van der Waals surface area contributed by atoms with E-state index < -0.39 is 63.9 Å². The molecule has 10 nitrogen and oxygen atoms in total. The van der Waals surface area contributed by atoms with Gasteiger partial charge in [-0.05, 0) is 56.1 Å². The van der Waals surface area contributed by atoms with E-state index in [0.29, 0.717) is 11.1 Å². The van der Waals surface area contributed by atoms with Gasteiger partial charge in [-0.15, -0.1) is 0 Å². The van der Waals surface area contributed by atoms with Crippen molar-refractivity contribution in [3.8, 4) is 16.9 Å². The summed E-state index contributed by atoms with van der Waals surface area (Å²) in [6, 6.07) is 3.00. The van der Waals surface area contributed by atoms with Crippen LogP contribution in [0.3, 0.4) is 0 Å². The summed E-state index contributed by atoms with van der Waals surface area (Å²) >= 11 is 0. The molecule has 1 aromatic carbocycles. The number of carbonyl (C=O) groups is 3. The number of nitrogens with two attached hydrogens (primary N) is 1. The van der Waals surface area contributed by atoms with Gasteiger partial charge in [0.15, 0.2) is 11.4 Å². The van der Waals surface area contributed by atoms with Gasteiger partial charge in [0, 0.05) is 23.3 Å². The Labute approximate surface area is 224 Å². The van der Waals surface area contributed by atoms with Gasteiger partial charge in [-0.3, -0.25) is 24.3 Å². The fourth-order valence-electron chi connectivity index (χ4n) is 6.09. The number of pyridine rings is 1. The van der Waals surface area contributed by atoms with Gasteiger partial charge in [0.25, 0.3) is 5.91 Å². The van der Waals surface area contributed by atoms with Crippen molar-refractivity contribution >= 4 is 31.1 Å². The second kappa shape index (κ2) is 9.94. The number of rotatable bonds is 3. The van der Waals surface area contributed by atoms with E-state index in [0.717, 1.165) is 6.20 Å². The summed E-state index contributed by atoms with van der Waals surface area (Å²) in [6.07, 6.45) is 2.43. The van der Waals surface area contributed by atoms with Gasteiger partial charge in [-0.2, -0.15) is 0 Å². The van der Waals surface area contributed by atoms with Crippen LogP contribution in [0.2, 0.25) is 6.82 Å². The zero-order valence-corrected chi connectivity index (χ0v) is 21.5. The summed E-state index contributed by atoms with van der Waals surface area (Å²) in [5, 5.41) is 44.3. The van der Waals surface area contributed by atoms with Crippen LogP contribution in [0.1, 0.15) is 17.5 Å². The molecule has 0 spiro atoms. The molecule has 2 aromatic rings. The van der Waals surface area contributed by atoms with Crippen LogP contribution in [0.4, 0.5) is 4.39 Å². The molecule has 202 valence electrons. The summed E-state index contributed by atoms with van der Waals surface area (Å²) in [5.74, 6) is -7.97. The van der Waals surface area contributed by atoms with E-state index in [1.807, 2.05) is 0 Å². The Bertz CT molecular complexity index is 1470. The van der Waals surface area contributed by atoms with E-state index >= 15 is 0 Å². The number of aliphatic hydroxyl groups excluding tert-OH is 2. The number of carbonyl (C=O) groups excluding carboxylic acids is 3. The van der Waals surface area contributed by atoms with Gasteiger partial charge in [0.2, 0.25) is 5.78 Å². The minimum absolute atomic E-state index is 0.0556. The maximum absolute atomic E-state index is 14.6. The lowest BCUT2D eigenvalue weighted by Crippen LogP contribution is -2.65. The lowest BCUT2D eigenvalue weighted by atomic mass is 9.57. The summed E-state index contributed by atoms with van der Waals surface area (Å²) in [7, 11) is 7.55. The van der Waals surface area contributed by atoms with Crippen molar-refractivity contribution in [2.75, 3.05) is 14.1 Å². The average Bonchev–Trinajstić information content (AvgIpc) is 2.88. The van der Waals surface area contributed by atoms with Gasteiger partial charge in [-0.1, -0.05) is 12.9 Å². The zero-order chi connectivity index (χ0) is 29.0. The van der Waals surface area contributed by atoms with Gasteiger partial charge in [-0.25, -0.2) is 4.39 Å². The number of phenolic OH excluding ortho intramolecular Hbond substituents is 1. The van der Waals surface area contributed by atoms with Crippen LogP contribution < -0.4 is 5.73 Å². The summed E-state index contributed by atoms with van der Waals surface area (Å²) < 4.78 is 14.6. The van der Waals surface area contributed by atoms with E-state index in [-0.39, 0.29) is 35.3 Å². The molecule has 3 aliphatic carbocycles. The molecule has 1 saturated carbocycles. The predicted molar refractivity (Wildman–Crippen MR) is 139 cm³/mol. The Kier molecular flexibility index (Phi) is 7.13. The van der Waals surface area contributed by atoms with Crippen LogP contribution in [0, 0.1) is 17.7 Å². The Morgan fingerprint density at radius 2 is 1.82 bits per heavy atom. The molecule has 6 N–H and O–H groups in total. The second-order valence-electron chi connectivity index (χ2n) is 9.80. The maximum atomic E-state index is 14.6. The molecule has 0 unspecified atom stereocenters. The van der Waals surface area contributed by atoms with Crippen LogP contribution in [0.15, 0.2) is 47.5 Å². The standard InChI is InChI=1S/C26H24FN3O7.CH3B/c1-30(2)20-14-8-10-7-13-11(12-5-6-29-9-15(12)27)3-4-16(31)18(13)21(32)17(10)23(34)26(14,37)24(35)19(22(20)33)25(28)36;1-2/h3-6,9-10,14,20,31-32,35,37H,7-8H2,1-2H3,(H2,28,36);1H3/t10-,14-,20-,26-;/m0./s1.